The van der Waals surface area contributed by atoms with Gasteiger partial charge in [0, 0.05) is 0 Å². The van der Waals surface area contributed by atoms with E-state index in [1.165, 1.54) is 0 Å². The van der Waals surface area contributed by atoms with Crippen LogP contribution in [0.2, 0.25) is 0 Å². The lowest BCUT2D eigenvalue weighted by Gasteiger charge is -1.82. The van der Waals surface area contributed by atoms with Gasteiger partial charge in [-0.3, -0.25) is 0 Å². The lowest BCUT2D eigenvalue weighted by atomic mass is 14.0. The number of rotatable bonds is 0. The molecule has 0 amide bonds. The van der Waals surface area contributed by atoms with E-state index in [0.717, 1.165) is 0 Å². The molecule has 0 aliphatic rings. The van der Waals surface area contributed by atoms with Gasteiger partial charge in [-0.15, -0.1) is 0 Å². The third-order valence-electron chi connectivity index (χ3n) is 0. The molecule has 0 saturated heterocycles. The van der Waals surface area contributed by atoms with Crippen LogP contribution < -0.4 is 6.15 Å². The Morgan fingerprint density at radius 1 is 1.12 bits per heavy atom. The van der Waals surface area contributed by atoms with Gasteiger partial charge in [0.1, 0.15) is 0 Å². The summed E-state index contributed by atoms with van der Waals surface area (Å²) in [6, 6.07) is 0. The predicted molar refractivity (Wildman–Crippen MR) is 39.2 cm³/mol. The summed E-state index contributed by atoms with van der Waals surface area (Å²) >= 11 is 0. The fourth-order valence-electron chi connectivity index (χ4n) is 0. The third-order valence-corrected chi connectivity index (χ3v) is 0. The van der Waals surface area contributed by atoms with Gasteiger partial charge in [0.05, 0.1) is 0 Å². The number of phosphoric acid groups is 1. The molecule has 0 radical (unpaired) electrons. The van der Waals surface area contributed by atoms with Gasteiger partial charge in [-0.1, -0.05) is 0 Å². The van der Waals surface area contributed by atoms with Gasteiger partial charge in [0.2, 0.25) is 0 Å². The predicted octanol–water partition coefficient (Wildman–Crippen LogP) is -3.13. The molecule has 0 spiro atoms. The smallest absolute Gasteiger partial charge is 0.344 e. The average molecular weight is 173 g/mol. The summed E-state index contributed by atoms with van der Waals surface area (Å²) in [5.41, 5.74) is 0. The van der Waals surface area contributed by atoms with E-state index in [9.17, 15) is 0 Å². The fourth-order valence-corrected chi connectivity index (χ4v) is 0. The number of hydrogen-bond donors (Lipinski definition) is 4. The van der Waals surface area contributed by atoms with Crippen LogP contribution in [-0.2, 0) is 4.57 Å². The molecule has 0 heterocycles. The Bertz CT molecular complexity index is 62.2. The Hall–Kier alpha value is 1.05. The van der Waals surface area contributed by atoms with Gasteiger partial charge in [-0.2, -0.15) is 0 Å². The highest BCUT2D eigenvalue weighted by atomic mass is 31.2. The van der Waals surface area contributed by atoms with Crippen molar-refractivity contribution in [3.8, 4) is 0 Å². The van der Waals surface area contributed by atoms with Crippen LogP contribution in [0.5, 0.6) is 0 Å². The lowest BCUT2D eigenvalue weighted by molar-refractivity contribution is 0.275. The Labute approximate surface area is 67.5 Å². The summed E-state index contributed by atoms with van der Waals surface area (Å²) in [4.78, 5) is 21.6. The first-order valence-electron chi connectivity index (χ1n) is 0.783. The van der Waals surface area contributed by atoms with Gasteiger partial charge in [0.15, 0.2) is 0 Å². The summed E-state index contributed by atoms with van der Waals surface area (Å²) < 4.78 is 8.88. The summed E-state index contributed by atoms with van der Waals surface area (Å²) in [6.45, 7) is 0. The van der Waals surface area contributed by atoms with Crippen LogP contribution in [0.4, 0.5) is 0 Å². The first-order chi connectivity index (χ1) is 2.00. The first kappa shape index (κ1) is 23.0. The highest BCUT2D eigenvalue weighted by molar-refractivity contribution is 7.45. The van der Waals surface area contributed by atoms with Crippen molar-refractivity contribution in [3.05, 3.63) is 0 Å². The Balaban J connectivity index is -0.0000000267. The third kappa shape index (κ3) is 233. The minimum absolute atomic E-state index is 0. The summed E-state index contributed by atoms with van der Waals surface area (Å²) in [5.74, 6) is 0. The van der Waals surface area contributed by atoms with Crippen molar-refractivity contribution in [2.24, 2.45) is 0 Å². The van der Waals surface area contributed by atoms with E-state index in [2.05, 4.69) is 0 Å². The normalized spacial score (nSPS) is 7.38. The summed E-state index contributed by atoms with van der Waals surface area (Å²) in [7, 11) is -4.64. The molecule has 0 aromatic carbocycles. The van der Waals surface area contributed by atoms with E-state index in [1.807, 2.05) is 0 Å². The van der Waals surface area contributed by atoms with Crippen LogP contribution in [0.15, 0.2) is 0 Å². The van der Waals surface area contributed by atoms with Crippen LogP contribution in [0.25, 0.3) is 0 Å². The quantitative estimate of drug-likeness (QED) is 0.228. The van der Waals surface area contributed by atoms with E-state index >= 15 is 0 Å². The molecule has 6 N–H and O–H groups in total. The second-order valence-corrected chi connectivity index (χ2v) is 1.54. The Morgan fingerprint density at radius 2 is 1.12 bits per heavy atom. The van der Waals surface area contributed by atoms with Crippen LogP contribution in [-0.4, -0.2) is 48.7 Å². The zero-order valence-electron chi connectivity index (χ0n) is 2.90. The van der Waals surface area contributed by atoms with E-state index in [1.54, 1.807) is 0 Å². The Kier molecular flexibility index (Phi) is 23.1. The van der Waals surface area contributed by atoms with Crippen LogP contribution in [0.3, 0.4) is 0 Å². The first-order valence-corrected chi connectivity index (χ1v) is 2.35. The minimum Gasteiger partial charge on any atom is -0.344 e. The zero-order valence-corrected chi connectivity index (χ0v) is 3.80. The standard InChI is InChI=1S/Mg.H3N.H3O4P.H4Si.2H/c;;1-5(2,3)4;;;/h;1H3;(H3,1,2,3,4);1H4;;. The van der Waals surface area contributed by atoms with E-state index in [-0.39, 0.29) is 40.2 Å². The largest absolute Gasteiger partial charge is 0.466 e. The molecule has 0 fully saturated rings. The number of hydrogen-bond acceptors (Lipinski definition) is 2. The van der Waals surface area contributed by atoms with Crippen LogP contribution in [0.1, 0.15) is 0 Å². The van der Waals surface area contributed by atoms with E-state index < -0.39 is 7.82 Å². The van der Waals surface area contributed by atoms with Crippen molar-refractivity contribution in [2.45, 2.75) is 0 Å². The molecular formula is H12MgNO4PSi. The highest BCUT2D eigenvalue weighted by Crippen LogP contribution is 2.25. The average Bonchev–Trinajstić information content (AvgIpc) is 0.722. The second kappa shape index (κ2) is 8.05. The molecule has 0 saturated carbocycles. The Morgan fingerprint density at radius 3 is 1.12 bits per heavy atom. The van der Waals surface area contributed by atoms with Gasteiger partial charge < -0.3 is 20.8 Å². The summed E-state index contributed by atoms with van der Waals surface area (Å²) in [6.07, 6.45) is 0. The molecule has 52 valence electrons. The molecule has 8 heteroatoms. The molecule has 0 aliphatic carbocycles. The van der Waals surface area contributed by atoms with Gasteiger partial charge >= 0.3 is 30.9 Å². The zero-order chi connectivity index (χ0) is 4.50. The molecule has 0 unspecified atom stereocenters. The molecular weight excluding hydrogens is 161 g/mol. The molecule has 0 bridgehead atoms. The SMILES string of the molecule is N.O=P(O)(O)O.[MgH2].[SiH4]. The second-order valence-electron chi connectivity index (χ2n) is 0.513. The van der Waals surface area contributed by atoms with Crippen molar-refractivity contribution in [2.75, 3.05) is 0 Å². The maximum Gasteiger partial charge on any atom is 0.466 e. The van der Waals surface area contributed by atoms with Crippen molar-refractivity contribution in [1.29, 1.82) is 0 Å². The molecule has 0 rings (SSSR count). The van der Waals surface area contributed by atoms with Crippen LogP contribution in [0, 0.1) is 0 Å². The van der Waals surface area contributed by atoms with E-state index in [0.29, 0.717) is 0 Å². The van der Waals surface area contributed by atoms with Gasteiger partial charge in [-0.25, -0.2) is 4.57 Å². The topological polar surface area (TPSA) is 113 Å². The van der Waals surface area contributed by atoms with Gasteiger partial charge in [-0.05, 0) is 11.0 Å². The molecule has 8 heavy (non-hydrogen) atoms. The molecule has 0 aliphatic heterocycles. The molecule has 0 aromatic rings. The van der Waals surface area contributed by atoms with Gasteiger partial charge in [0.25, 0.3) is 0 Å². The van der Waals surface area contributed by atoms with Crippen LogP contribution >= 0.6 is 7.82 Å². The molecule has 5 nitrogen and oxygen atoms in total. The maximum absolute atomic E-state index is 8.88. The van der Waals surface area contributed by atoms with Crippen molar-refractivity contribution in [3.63, 3.8) is 0 Å². The molecule has 0 atom stereocenters. The van der Waals surface area contributed by atoms with Crippen molar-refractivity contribution < 1.29 is 19.2 Å². The fraction of sp³-hybridized carbons (Fsp3) is 0. The highest BCUT2D eigenvalue weighted by Gasteiger charge is 2.00. The lowest BCUT2D eigenvalue weighted by Crippen LogP contribution is -1.66. The van der Waals surface area contributed by atoms with E-state index in [4.69, 9.17) is 19.2 Å². The minimum atomic E-state index is -4.64. The maximum atomic E-state index is 8.88. The van der Waals surface area contributed by atoms with Crippen molar-refractivity contribution >= 4 is 41.8 Å². The molecule has 0 aromatic heterocycles. The monoisotopic (exact) mass is 173 g/mol. The summed E-state index contributed by atoms with van der Waals surface area (Å²) in [5, 5.41) is 0. The van der Waals surface area contributed by atoms with Crippen molar-refractivity contribution in [1.82, 2.24) is 6.15 Å².